The van der Waals surface area contributed by atoms with E-state index in [2.05, 4.69) is 17.1 Å². The summed E-state index contributed by atoms with van der Waals surface area (Å²) in [4.78, 5) is 5.62. The van der Waals surface area contributed by atoms with E-state index in [0.29, 0.717) is 0 Å². The molecule has 0 aliphatic rings. The minimum absolute atomic E-state index is 0.466. The number of aromatic nitrogens is 1. The van der Waals surface area contributed by atoms with Crippen molar-refractivity contribution in [3.8, 4) is 0 Å². The van der Waals surface area contributed by atoms with Gasteiger partial charge in [-0.3, -0.25) is 0 Å². The smallest absolute Gasteiger partial charge is 0.103 e. The Hall–Kier alpha value is -0.840. The summed E-state index contributed by atoms with van der Waals surface area (Å²) < 4.78 is 0. The number of hydrogen-bond acceptors (Lipinski definition) is 4. The molecule has 84 valence electrons. The maximum atomic E-state index is 9.36. The number of hydrogen-bond donors (Lipinski definition) is 1. The average Bonchev–Trinajstić information content (AvgIpc) is 2.76. The molecule has 0 bridgehead atoms. The second-order valence-corrected chi connectivity index (χ2v) is 5.44. The topological polar surface area (TPSA) is 33.1 Å². The first-order valence-corrected chi connectivity index (χ1v) is 6.92. The molecule has 0 saturated heterocycles. The van der Waals surface area contributed by atoms with E-state index in [0.717, 1.165) is 16.5 Å². The van der Waals surface area contributed by atoms with Crippen molar-refractivity contribution < 1.29 is 5.11 Å². The van der Waals surface area contributed by atoms with Crippen LogP contribution in [0.2, 0.25) is 0 Å². The molecule has 1 N–H and O–H groups in total. The molecular weight excluding hydrogens is 238 g/mol. The molecule has 1 heterocycles. The highest BCUT2D eigenvalue weighted by molar-refractivity contribution is 7.98. The minimum Gasteiger partial charge on any atom is -0.387 e. The number of nitrogens with zero attached hydrogens (tertiary/aromatic N) is 1. The lowest BCUT2D eigenvalue weighted by Gasteiger charge is -1.98. The van der Waals surface area contributed by atoms with Gasteiger partial charge < -0.3 is 5.11 Å². The second-order valence-electron chi connectivity index (χ2n) is 3.44. The van der Waals surface area contributed by atoms with Crippen molar-refractivity contribution in [3.05, 3.63) is 46.4 Å². The first-order valence-electron chi connectivity index (χ1n) is 5.06. The van der Waals surface area contributed by atoms with E-state index in [1.165, 1.54) is 4.90 Å². The van der Waals surface area contributed by atoms with Crippen molar-refractivity contribution in [1.82, 2.24) is 4.98 Å². The summed E-state index contributed by atoms with van der Waals surface area (Å²) >= 11 is 3.37. The largest absolute Gasteiger partial charge is 0.387 e. The number of aliphatic hydroxyl groups excluding tert-OH is 1. The van der Waals surface area contributed by atoms with Crippen molar-refractivity contribution >= 4 is 23.1 Å². The van der Waals surface area contributed by atoms with Crippen LogP contribution in [-0.2, 0) is 5.75 Å². The molecule has 0 aliphatic carbocycles. The van der Waals surface area contributed by atoms with Gasteiger partial charge in [0.05, 0.1) is 17.6 Å². The maximum absolute atomic E-state index is 9.36. The van der Waals surface area contributed by atoms with Crippen LogP contribution in [0.5, 0.6) is 0 Å². The Morgan fingerprint density at radius 2 is 2.12 bits per heavy atom. The molecule has 2 aromatic rings. The molecular formula is C12H13NOS2. The van der Waals surface area contributed by atoms with Crippen LogP contribution >= 0.6 is 23.1 Å². The van der Waals surface area contributed by atoms with Crippen molar-refractivity contribution in [2.75, 3.05) is 0 Å². The van der Waals surface area contributed by atoms with Gasteiger partial charge in [0.15, 0.2) is 0 Å². The Labute approximate surface area is 103 Å². The molecule has 1 atom stereocenters. The zero-order chi connectivity index (χ0) is 11.4. The van der Waals surface area contributed by atoms with Crippen molar-refractivity contribution in [3.63, 3.8) is 0 Å². The fraction of sp³-hybridized carbons (Fsp3) is 0.250. The van der Waals surface area contributed by atoms with E-state index in [1.54, 1.807) is 30.0 Å². The van der Waals surface area contributed by atoms with Gasteiger partial charge in [-0.05, 0) is 19.1 Å². The van der Waals surface area contributed by atoms with Gasteiger partial charge in [-0.25, -0.2) is 4.98 Å². The van der Waals surface area contributed by atoms with Gasteiger partial charge in [0.2, 0.25) is 0 Å². The van der Waals surface area contributed by atoms with Crippen LogP contribution in [0.4, 0.5) is 0 Å². The van der Waals surface area contributed by atoms with Crippen LogP contribution in [0.3, 0.4) is 0 Å². The van der Waals surface area contributed by atoms with Crippen molar-refractivity contribution in [2.24, 2.45) is 0 Å². The highest BCUT2D eigenvalue weighted by Gasteiger charge is 2.06. The normalized spacial score (nSPS) is 12.6. The number of thiazole rings is 1. The standard InChI is InChI=1S/C12H13NOS2/c1-9(14)11-7-16-12(13-11)8-15-10-5-3-2-4-6-10/h2-7,9,14H,8H2,1H3. The summed E-state index contributed by atoms with van der Waals surface area (Å²) in [6.07, 6.45) is -0.466. The molecule has 0 radical (unpaired) electrons. The van der Waals surface area contributed by atoms with Crippen LogP contribution in [0.15, 0.2) is 40.6 Å². The quantitative estimate of drug-likeness (QED) is 0.844. The Morgan fingerprint density at radius 3 is 2.75 bits per heavy atom. The molecule has 0 fully saturated rings. The Bertz CT molecular complexity index is 439. The molecule has 1 aromatic heterocycles. The van der Waals surface area contributed by atoms with E-state index >= 15 is 0 Å². The number of benzene rings is 1. The zero-order valence-electron chi connectivity index (χ0n) is 8.96. The number of thioether (sulfide) groups is 1. The lowest BCUT2D eigenvalue weighted by atomic mass is 10.3. The monoisotopic (exact) mass is 251 g/mol. The summed E-state index contributed by atoms with van der Waals surface area (Å²) in [6, 6.07) is 10.3. The van der Waals surface area contributed by atoms with Crippen LogP contribution < -0.4 is 0 Å². The Morgan fingerprint density at radius 1 is 1.38 bits per heavy atom. The molecule has 0 amide bonds. The SMILES string of the molecule is CC(O)c1csc(CSc2ccccc2)n1. The van der Waals surface area contributed by atoms with Gasteiger partial charge in [-0.15, -0.1) is 23.1 Å². The summed E-state index contributed by atoms with van der Waals surface area (Å²) in [5.41, 5.74) is 0.772. The molecule has 0 spiro atoms. The Balaban J connectivity index is 1.95. The molecule has 0 aliphatic heterocycles. The number of rotatable bonds is 4. The van der Waals surface area contributed by atoms with Crippen LogP contribution in [0, 0.1) is 0 Å². The van der Waals surface area contributed by atoms with Gasteiger partial charge in [0.1, 0.15) is 5.01 Å². The summed E-state index contributed by atoms with van der Waals surface area (Å²) in [5.74, 6) is 0.862. The lowest BCUT2D eigenvalue weighted by Crippen LogP contribution is -1.91. The average molecular weight is 251 g/mol. The molecule has 2 rings (SSSR count). The van der Waals surface area contributed by atoms with Gasteiger partial charge in [0.25, 0.3) is 0 Å². The first kappa shape index (κ1) is 11.6. The van der Waals surface area contributed by atoms with Crippen molar-refractivity contribution in [1.29, 1.82) is 0 Å². The summed E-state index contributed by atoms with van der Waals surface area (Å²) in [7, 11) is 0. The highest BCUT2D eigenvalue weighted by Crippen LogP contribution is 2.25. The van der Waals surface area contributed by atoms with E-state index in [1.807, 2.05) is 23.6 Å². The fourth-order valence-electron chi connectivity index (χ4n) is 1.25. The lowest BCUT2D eigenvalue weighted by molar-refractivity contribution is 0.195. The van der Waals surface area contributed by atoms with Gasteiger partial charge in [-0.2, -0.15) is 0 Å². The predicted molar refractivity (Wildman–Crippen MR) is 68.8 cm³/mol. The molecule has 1 aromatic carbocycles. The van der Waals surface area contributed by atoms with Gasteiger partial charge >= 0.3 is 0 Å². The van der Waals surface area contributed by atoms with Crippen LogP contribution in [0.25, 0.3) is 0 Å². The summed E-state index contributed by atoms with van der Waals surface area (Å²) in [5, 5.41) is 12.3. The third kappa shape index (κ3) is 3.07. The maximum Gasteiger partial charge on any atom is 0.103 e. The van der Waals surface area contributed by atoms with E-state index in [4.69, 9.17) is 0 Å². The molecule has 16 heavy (non-hydrogen) atoms. The minimum atomic E-state index is -0.466. The van der Waals surface area contributed by atoms with E-state index in [-0.39, 0.29) is 0 Å². The van der Waals surface area contributed by atoms with Gasteiger partial charge in [0, 0.05) is 10.3 Å². The van der Waals surface area contributed by atoms with E-state index in [9.17, 15) is 5.11 Å². The third-order valence-electron chi connectivity index (χ3n) is 2.10. The second kappa shape index (κ2) is 5.48. The van der Waals surface area contributed by atoms with Gasteiger partial charge in [-0.1, -0.05) is 18.2 Å². The predicted octanol–water partition coefficient (Wildman–Crippen LogP) is 3.49. The first-order chi connectivity index (χ1) is 7.75. The van der Waals surface area contributed by atoms with Crippen LogP contribution in [0.1, 0.15) is 23.7 Å². The Kier molecular flexibility index (Phi) is 3.98. The zero-order valence-corrected chi connectivity index (χ0v) is 10.6. The van der Waals surface area contributed by atoms with Crippen LogP contribution in [-0.4, -0.2) is 10.1 Å². The molecule has 0 saturated carbocycles. The van der Waals surface area contributed by atoms with E-state index < -0.39 is 6.10 Å². The molecule has 1 unspecified atom stereocenters. The number of aliphatic hydroxyl groups is 1. The fourth-order valence-corrected chi connectivity index (χ4v) is 3.06. The molecule has 4 heteroatoms. The highest BCUT2D eigenvalue weighted by atomic mass is 32.2. The summed E-state index contributed by atoms with van der Waals surface area (Å²) in [6.45, 7) is 1.74. The van der Waals surface area contributed by atoms with Crippen molar-refractivity contribution in [2.45, 2.75) is 23.7 Å². The molecule has 2 nitrogen and oxygen atoms in total. The third-order valence-corrected chi connectivity index (χ3v) is 4.18.